The summed E-state index contributed by atoms with van der Waals surface area (Å²) in [6, 6.07) is 6.56. The van der Waals surface area contributed by atoms with Crippen LogP contribution in [0.4, 0.5) is 11.5 Å². The lowest BCUT2D eigenvalue weighted by Crippen LogP contribution is -2.16. The number of anilines is 2. The lowest BCUT2D eigenvalue weighted by atomic mass is 10.2. The summed E-state index contributed by atoms with van der Waals surface area (Å²) >= 11 is 15.1. The smallest absolute Gasteiger partial charge is 0.259 e. The van der Waals surface area contributed by atoms with Crippen molar-refractivity contribution < 1.29 is 4.79 Å². The largest absolute Gasteiger partial charge is 0.370 e. The highest BCUT2D eigenvalue weighted by atomic mass is 79.9. The summed E-state index contributed by atoms with van der Waals surface area (Å²) in [4.78, 5) is 16.6. The number of nitrogens with zero attached hydrogens (tertiary/aromatic N) is 1. The van der Waals surface area contributed by atoms with E-state index in [1.54, 1.807) is 30.5 Å². The number of carbonyl (C=O) groups excluding carboxylic acids is 1. The molecule has 4 nitrogen and oxygen atoms in total. The van der Waals surface area contributed by atoms with E-state index < -0.39 is 0 Å². The van der Waals surface area contributed by atoms with Crippen molar-refractivity contribution in [1.29, 1.82) is 0 Å². The van der Waals surface area contributed by atoms with E-state index in [1.807, 2.05) is 6.92 Å². The lowest BCUT2D eigenvalue weighted by Gasteiger charge is -2.11. The number of halogens is 3. The first-order valence-electron chi connectivity index (χ1n) is 6.16. The van der Waals surface area contributed by atoms with Crippen LogP contribution in [0.5, 0.6) is 0 Å². The Bertz CT molecular complexity index is 659. The van der Waals surface area contributed by atoms with Crippen molar-refractivity contribution in [1.82, 2.24) is 4.98 Å². The minimum Gasteiger partial charge on any atom is -0.370 e. The van der Waals surface area contributed by atoms with Gasteiger partial charge in [0.05, 0.1) is 5.56 Å². The maximum atomic E-state index is 12.4. The van der Waals surface area contributed by atoms with Gasteiger partial charge in [0.25, 0.3) is 5.91 Å². The van der Waals surface area contributed by atoms with Crippen molar-refractivity contribution in [2.24, 2.45) is 0 Å². The van der Waals surface area contributed by atoms with E-state index in [9.17, 15) is 4.79 Å². The Kier molecular flexibility index (Phi) is 5.45. The predicted molar refractivity (Wildman–Crippen MR) is 90.5 cm³/mol. The monoisotopic (exact) mass is 387 g/mol. The third kappa shape index (κ3) is 4.33. The molecule has 2 N–H and O–H groups in total. The first-order valence-corrected chi connectivity index (χ1v) is 7.71. The van der Waals surface area contributed by atoms with Crippen molar-refractivity contribution in [3.63, 3.8) is 0 Å². The molecule has 1 heterocycles. The molecule has 1 aromatic carbocycles. The Morgan fingerprint density at radius 2 is 1.90 bits per heavy atom. The van der Waals surface area contributed by atoms with Gasteiger partial charge in [-0.2, -0.15) is 0 Å². The van der Waals surface area contributed by atoms with Crippen LogP contribution in [0.1, 0.15) is 17.3 Å². The van der Waals surface area contributed by atoms with Gasteiger partial charge in [-0.3, -0.25) is 4.79 Å². The third-order valence-electron chi connectivity index (χ3n) is 2.56. The maximum absolute atomic E-state index is 12.4. The minimum absolute atomic E-state index is 0.293. The number of nitrogens with one attached hydrogen (secondary N) is 2. The summed E-state index contributed by atoms with van der Waals surface area (Å²) in [5, 5.41) is 6.72. The number of benzene rings is 1. The topological polar surface area (TPSA) is 54.0 Å². The molecule has 7 heteroatoms. The second-order valence-electron chi connectivity index (χ2n) is 4.19. The van der Waals surface area contributed by atoms with Crippen molar-refractivity contribution in [3.8, 4) is 0 Å². The molecule has 0 aliphatic carbocycles. The number of aromatic nitrogens is 1. The average molecular weight is 389 g/mol. The average Bonchev–Trinajstić information content (AvgIpc) is 2.39. The highest BCUT2D eigenvalue weighted by Crippen LogP contribution is 2.24. The molecule has 0 fully saturated rings. The Labute approximate surface area is 141 Å². The molecule has 1 amide bonds. The number of rotatable bonds is 4. The molecule has 0 saturated heterocycles. The van der Waals surface area contributed by atoms with Gasteiger partial charge in [0, 0.05) is 32.9 Å². The van der Waals surface area contributed by atoms with Crippen molar-refractivity contribution >= 4 is 56.5 Å². The van der Waals surface area contributed by atoms with E-state index in [-0.39, 0.29) is 5.91 Å². The van der Waals surface area contributed by atoms with E-state index in [0.29, 0.717) is 33.7 Å². The summed E-state index contributed by atoms with van der Waals surface area (Å²) in [6.45, 7) is 2.60. The van der Waals surface area contributed by atoms with Crippen molar-refractivity contribution in [2.75, 3.05) is 17.2 Å². The summed E-state index contributed by atoms with van der Waals surface area (Å²) in [5.41, 5.74) is 0.960. The molecule has 0 saturated carbocycles. The second-order valence-corrected chi connectivity index (χ2v) is 5.98. The van der Waals surface area contributed by atoms with Crippen molar-refractivity contribution in [2.45, 2.75) is 6.92 Å². The fourth-order valence-electron chi connectivity index (χ4n) is 1.75. The molecule has 0 aliphatic heterocycles. The van der Waals surface area contributed by atoms with Crippen LogP contribution in [0.15, 0.2) is 34.9 Å². The zero-order valence-electron chi connectivity index (χ0n) is 11.1. The minimum atomic E-state index is -0.293. The van der Waals surface area contributed by atoms with Crippen LogP contribution in [0, 0.1) is 0 Å². The number of hydrogen-bond acceptors (Lipinski definition) is 3. The predicted octanol–water partition coefficient (Wildman–Crippen LogP) is 4.84. The number of hydrogen-bond donors (Lipinski definition) is 2. The fraction of sp³-hybridized carbons (Fsp3) is 0.143. The molecule has 0 bridgehead atoms. The number of carbonyl (C=O) groups is 1. The van der Waals surface area contributed by atoms with E-state index in [1.165, 1.54) is 0 Å². The Morgan fingerprint density at radius 1 is 1.24 bits per heavy atom. The van der Waals surface area contributed by atoms with Gasteiger partial charge in [-0.25, -0.2) is 4.98 Å². The third-order valence-corrected chi connectivity index (χ3v) is 3.43. The van der Waals surface area contributed by atoms with Gasteiger partial charge >= 0.3 is 0 Å². The van der Waals surface area contributed by atoms with Crippen LogP contribution in [-0.2, 0) is 0 Å². The Hall–Kier alpha value is -1.30. The second kappa shape index (κ2) is 7.11. The molecule has 0 unspecified atom stereocenters. The summed E-state index contributed by atoms with van der Waals surface area (Å²) in [7, 11) is 0. The number of amides is 1. The quantitative estimate of drug-likeness (QED) is 0.788. The van der Waals surface area contributed by atoms with Crippen LogP contribution in [-0.4, -0.2) is 17.4 Å². The molecule has 2 rings (SSSR count). The highest BCUT2D eigenvalue weighted by molar-refractivity contribution is 9.10. The van der Waals surface area contributed by atoms with E-state index in [0.717, 1.165) is 4.47 Å². The van der Waals surface area contributed by atoms with Gasteiger partial charge in [0.1, 0.15) is 5.82 Å². The SMILES string of the molecule is CCNc1ncc(Br)cc1C(=O)Nc1cc(Cl)cc(Cl)c1. The molecule has 0 radical (unpaired) electrons. The molecule has 0 spiro atoms. The summed E-state index contributed by atoms with van der Waals surface area (Å²) < 4.78 is 0.721. The molecular weight excluding hydrogens is 377 g/mol. The van der Waals surface area contributed by atoms with Crippen LogP contribution < -0.4 is 10.6 Å². The molecule has 2 aromatic rings. The molecule has 110 valence electrons. The van der Waals surface area contributed by atoms with Crippen LogP contribution in [0.3, 0.4) is 0 Å². The van der Waals surface area contributed by atoms with Gasteiger partial charge in [-0.1, -0.05) is 23.2 Å². The van der Waals surface area contributed by atoms with Crippen LogP contribution in [0.25, 0.3) is 0 Å². The molecule has 21 heavy (non-hydrogen) atoms. The lowest BCUT2D eigenvalue weighted by molar-refractivity contribution is 0.102. The molecule has 0 aliphatic rings. The normalized spacial score (nSPS) is 10.3. The molecular formula is C14H12BrCl2N3O. The van der Waals surface area contributed by atoms with Gasteiger partial charge in [-0.05, 0) is 47.1 Å². The van der Waals surface area contributed by atoms with Crippen molar-refractivity contribution in [3.05, 3.63) is 50.5 Å². The van der Waals surface area contributed by atoms with Crippen LogP contribution in [0.2, 0.25) is 10.0 Å². The summed E-state index contributed by atoms with van der Waals surface area (Å²) in [5.74, 6) is 0.226. The van der Waals surface area contributed by atoms with Crippen LogP contribution >= 0.6 is 39.1 Å². The zero-order valence-corrected chi connectivity index (χ0v) is 14.2. The maximum Gasteiger partial charge on any atom is 0.259 e. The highest BCUT2D eigenvalue weighted by Gasteiger charge is 2.14. The fourth-order valence-corrected chi connectivity index (χ4v) is 2.60. The standard InChI is InChI=1S/C14H12BrCl2N3O/c1-2-18-13-12(3-8(15)7-19-13)14(21)20-11-5-9(16)4-10(17)6-11/h3-7H,2H2,1H3,(H,18,19)(H,20,21). The Morgan fingerprint density at radius 3 is 2.52 bits per heavy atom. The van der Waals surface area contributed by atoms with Gasteiger partial charge in [0.15, 0.2) is 0 Å². The first-order chi connectivity index (χ1) is 9.99. The van der Waals surface area contributed by atoms with Gasteiger partial charge in [0.2, 0.25) is 0 Å². The van der Waals surface area contributed by atoms with E-state index in [2.05, 4.69) is 31.5 Å². The van der Waals surface area contributed by atoms with Gasteiger partial charge < -0.3 is 10.6 Å². The zero-order chi connectivity index (χ0) is 15.4. The molecule has 1 aromatic heterocycles. The Balaban J connectivity index is 2.29. The van der Waals surface area contributed by atoms with E-state index in [4.69, 9.17) is 23.2 Å². The first kappa shape index (κ1) is 16.1. The number of pyridine rings is 1. The van der Waals surface area contributed by atoms with E-state index >= 15 is 0 Å². The van der Waals surface area contributed by atoms with Gasteiger partial charge in [-0.15, -0.1) is 0 Å². The summed E-state index contributed by atoms with van der Waals surface area (Å²) in [6.07, 6.45) is 1.63. The molecule has 0 atom stereocenters.